The molecule has 0 bridgehead atoms. The van der Waals surface area contributed by atoms with E-state index in [0.29, 0.717) is 6.61 Å². The number of aryl methyl sites for hydroxylation is 1. The van der Waals surface area contributed by atoms with Crippen LogP contribution in [0, 0.1) is 6.92 Å². The van der Waals surface area contributed by atoms with Crippen molar-refractivity contribution in [1.29, 1.82) is 0 Å². The first-order valence-electron chi connectivity index (χ1n) is 5.20. The van der Waals surface area contributed by atoms with Crippen LogP contribution in [0.4, 0.5) is 0 Å². The van der Waals surface area contributed by atoms with E-state index in [1.807, 2.05) is 31.2 Å². The molecule has 0 aliphatic rings. The Morgan fingerprint density at radius 1 is 1.56 bits per heavy atom. The van der Waals surface area contributed by atoms with Crippen LogP contribution in [-0.2, 0) is 4.79 Å². The van der Waals surface area contributed by atoms with Gasteiger partial charge in [0.2, 0.25) is 5.91 Å². The fourth-order valence-corrected chi connectivity index (χ4v) is 1.87. The van der Waals surface area contributed by atoms with Crippen LogP contribution < -0.4 is 10.5 Å². The van der Waals surface area contributed by atoms with E-state index in [-0.39, 0.29) is 11.2 Å². The van der Waals surface area contributed by atoms with Gasteiger partial charge in [-0.15, -0.1) is 11.8 Å². The van der Waals surface area contributed by atoms with Gasteiger partial charge in [-0.1, -0.05) is 12.1 Å². The van der Waals surface area contributed by atoms with E-state index in [1.165, 1.54) is 17.3 Å². The van der Waals surface area contributed by atoms with Gasteiger partial charge in [0.25, 0.3) is 0 Å². The largest absolute Gasteiger partial charge is 0.493 e. The van der Waals surface area contributed by atoms with E-state index in [9.17, 15) is 4.79 Å². The maximum atomic E-state index is 10.8. The van der Waals surface area contributed by atoms with Crippen LogP contribution in [0.1, 0.15) is 12.5 Å². The minimum Gasteiger partial charge on any atom is -0.493 e. The summed E-state index contributed by atoms with van der Waals surface area (Å²) in [6.07, 6.45) is 0. The third-order valence-corrected chi connectivity index (χ3v) is 3.24. The van der Waals surface area contributed by atoms with Crippen LogP contribution in [0.15, 0.2) is 24.3 Å². The molecule has 0 heterocycles. The summed E-state index contributed by atoms with van der Waals surface area (Å²) >= 11 is 1.51. The van der Waals surface area contributed by atoms with E-state index < -0.39 is 0 Å². The SMILES string of the molecule is Cc1cccc(OCCS[C@@H](C)C(N)=O)c1. The second-order valence-corrected chi connectivity index (χ2v) is 5.03. The first-order valence-corrected chi connectivity index (χ1v) is 6.25. The fraction of sp³-hybridized carbons (Fsp3) is 0.417. The molecule has 0 spiro atoms. The maximum absolute atomic E-state index is 10.8. The van der Waals surface area contributed by atoms with Crippen molar-refractivity contribution in [2.24, 2.45) is 5.73 Å². The topological polar surface area (TPSA) is 52.3 Å². The molecule has 0 radical (unpaired) electrons. The molecule has 0 saturated carbocycles. The summed E-state index contributed by atoms with van der Waals surface area (Å²) in [5, 5.41) is -0.152. The minimum atomic E-state index is -0.277. The second-order valence-electron chi connectivity index (χ2n) is 3.58. The Labute approximate surface area is 100 Å². The number of ether oxygens (including phenoxy) is 1. The Kier molecular flexibility index (Phi) is 5.19. The van der Waals surface area contributed by atoms with Crippen molar-refractivity contribution in [2.75, 3.05) is 12.4 Å². The highest BCUT2D eigenvalue weighted by Crippen LogP contribution is 2.14. The lowest BCUT2D eigenvalue weighted by atomic mass is 10.2. The lowest BCUT2D eigenvalue weighted by molar-refractivity contribution is -0.117. The summed E-state index contributed by atoms with van der Waals surface area (Å²) in [5.41, 5.74) is 6.33. The van der Waals surface area contributed by atoms with E-state index in [0.717, 1.165) is 11.5 Å². The number of nitrogens with two attached hydrogens (primary N) is 1. The number of carbonyl (C=O) groups excluding carboxylic acids is 1. The van der Waals surface area contributed by atoms with Gasteiger partial charge in [-0.25, -0.2) is 0 Å². The van der Waals surface area contributed by atoms with Crippen molar-refractivity contribution in [1.82, 2.24) is 0 Å². The average Bonchev–Trinajstić information content (AvgIpc) is 2.24. The quantitative estimate of drug-likeness (QED) is 0.772. The predicted molar refractivity (Wildman–Crippen MR) is 67.8 cm³/mol. The molecule has 1 atom stereocenters. The average molecular weight is 239 g/mol. The molecule has 1 aromatic carbocycles. The van der Waals surface area contributed by atoms with Crippen molar-refractivity contribution in [3.8, 4) is 5.75 Å². The van der Waals surface area contributed by atoms with Crippen molar-refractivity contribution in [2.45, 2.75) is 19.1 Å². The molecule has 1 rings (SSSR count). The highest BCUT2D eigenvalue weighted by molar-refractivity contribution is 8.00. The number of benzene rings is 1. The zero-order valence-corrected chi connectivity index (χ0v) is 10.4. The molecule has 1 amide bonds. The summed E-state index contributed by atoms with van der Waals surface area (Å²) in [7, 11) is 0. The Morgan fingerprint density at radius 3 is 2.94 bits per heavy atom. The van der Waals surface area contributed by atoms with E-state index in [1.54, 1.807) is 6.92 Å². The Balaban J connectivity index is 2.23. The van der Waals surface area contributed by atoms with Gasteiger partial charge in [0.05, 0.1) is 11.9 Å². The summed E-state index contributed by atoms with van der Waals surface area (Å²) in [4.78, 5) is 10.8. The third-order valence-electron chi connectivity index (χ3n) is 2.11. The number of hydrogen-bond acceptors (Lipinski definition) is 3. The first kappa shape index (κ1) is 12.9. The number of hydrogen-bond donors (Lipinski definition) is 1. The number of rotatable bonds is 6. The van der Waals surface area contributed by atoms with Crippen LogP contribution in [0.3, 0.4) is 0 Å². The van der Waals surface area contributed by atoms with Gasteiger partial charge in [0.1, 0.15) is 5.75 Å². The highest BCUT2D eigenvalue weighted by atomic mass is 32.2. The fourth-order valence-electron chi connectivity index (χ4n) is 1.17. The van der Waals surface area contributed by atoms with E-state index in [2.05, 4.69) is 0 Å². The molecule has 1 aromatic rings. The van der Waals surface area contributed by atoms with Crippen molar-refractivity contribution >= 4 is 17.7 Å². The zero-order chi connectivity index (χ0) is 12.0. The maximum Gasteiger partial charge on any atom is 0.230 e. The molecule has 2 N–H and O–H groups in total. The molecule has 0 aliphatic carbocycles. The number of carbonyl (C=O) groups is 1. The molecule has 88 valence electrons. The number of thioether (sulfide) groups is 1. The molecule has 0 aromatic heterocycles. The zero-order valence-electron chi connectivity index (χ0n) is 9.60. The molecule has 3 nitrogen and oxygen atoms in total. The predicted octanol–water partition coefficient (Wildman–Crippen LogP) is 1.98. The summed E-state index contributed by atoms with van der Waals surface area (Å²) in [6, 6.07) is 7.90. The van der Waals surface area contributed by atoms with Crippen LogP contribution >= 0.6 is 11.8 Å². The third kappa shape index (κ3) is 4.57. The normalized spacial score (nSPS) is 12.1. The van der Waals surface area contributed by atoms with Gasteiger partial charge in [-0.05, 0) is 31.5 Å². The van der Waals surface area contributed by atoms with Crippen LogP contribution in [-0.4, -0.2) is 23.5 Å². The van der Waals surface area contributed by atoms with E-state index >= 15 is 0 Å². The lowest BCUT2D eigenvalue weighted by Crippen LogP contribution is -2.23. The number of primary amides is 1. The lowest BCUT2D eigenvalue weighted by Gasteiger charge is -2.08. The minimum absolute atomic E-state index is 0.152. The smallest absolute Gasteiger partial charge is 0.230 e. The van der Waals surface area contributed by atoms with Crippen molar-refractivity contribution < 1.29 is 9.53 Å². The van der Waals surface area contributed by atoms with Gasteiger partial charge >= 0.3 is 0 Å². The summed E-state index contributed by atoms with van der Waals surface area (Å²) in [6.45, 7) is 4.42. The van der Waals surface area contributed by atoms with Gasteiger partial charge in [-0.2, -0.15) is 0 Å². The molecule has 0 aliphatic heterocycles. The van der Waals surface area contributed by atoms with Crippen molar-refractivity contribution in [3.63, 3.8) is 0 Å². The van der Waals surface area contributed by atoms with Crippen LogP contribution in [0.2, 0.25) is 0 Å². The Hall–Kier alpha value is -1.16. The second kappa shape index (κ2) is 6.43. The summed E-state index contributed by atoms with van der Waals surface area (Å²) < 4.78 is 5.54. The highest BCUT2D eigenvalue weighted by Gasteiger charge is 2.07. The van der Waals surface area contributed by atoms with E-state index in [4.69, 9.17) is 10.5 Å². The molecular weight excluding hydrogens is 222 g/mol. The molecule has 4 heteroatoms. The van der Waals surface area contributed by atoms with Gasteiger partial charge in [-0.3, -0.25) is 4.79 Å². The van der Waals surface area contributed by atoms with Gasteiger partial charge in [0.15, 0.2) is 0 Å². The molecule has 16 heavy (non-hydrogen) atoms. The van der Waals surface area contributed by atoms with Crippen LogP contribution in [0.5, 0.6) is 5.75 Å². The van der Waals surface area contributed by atoms with Gasteiger partial charge in [0, 0.05) is 5.75 Å². The molecular formula is C12H17NO2S. The summed E-state index contributed by atoms with van der Waals surface area (Å²) in [5.74, 6) is 1.35. The first-order chi connectivity index (χ1) is 7.59. The monoisotopic (exact) mass is 239 g/mol. The van der Waals surface area contributed by atoms with Gasteiger partial charge < -0.3 is 10.5 Å². The van der Waals surface area contributed by atoms with Crippen LogP contribution in [0.25, 0.3) is 0 Å². The Morgan fingerprint density at radius 2 is 2.31 bits per heavy atom. The molecule has 0 saturated heterocycles. The number of amides is 1. The molecule has 0 fully saturated rings. The van der Waals surface area contributed by atoms with Crippen molar-refractivity contribution in [3.05, 3.63) is 29.8 Å². The standard InChI is InChI=1S/C12H17NO2S/c1-9-4-3-5-11(8-9)15-6-7-16-10(2)12(13)14/h3-5,8,10H,6-7H2,1-2H3,(H2,13,14)/t10-/m0/s1. The molecule has 0 unspecified atom stereocenters. The Bertz CT molecular complexity index is 355.